The van der Waals surface area contributed by atoms with E-state index >= 15 is 0 Å². The van der Waals surface area contributed by atoms with Gasteiger partial charge in [0.05, 0.1) is 10.2 Å². The monoisotopic (exact) mass is 399 g/mol. The Hall–Kier alpha value is -2.31. The number of rotatable bonds is 7. The van der Waals surface area contributed by atoms with Crippen LogP contribution in [0.1, 0.15) is 35.3 Å². The molecule has 0 saturated heterocycles. The van der Waals surface area contributed by atoms with Gasteiger partial charge in [-0.25, -0.2) is 9.37 Å². The summed E-state index contributed by atoms with van der Waals surface area (Å²) in [5.41, 5.74) is 3.61. The molecule has 1 heterocycles. The molecule has 0 spiro atoms. The van der Waals surface area contributed by atoms with Crippen LogP contribution < -0.4 is 4.90 Å². The standard InChI is InChI=1S/C22H26FN3OS/c1-5-25(6-2)10-11-26(21(27)17-8-7-9-18(23)14-17)22-24-19-12-15(3)16(4)13-20(19)28-22/h7-9,12-14H,5-6,10-11H2,1-4H3. The zero-order chi connectivity index (χ0) is 20.3. The van der Waals surface area contributed by atoms with Gasteiger partial charge in [-0.1, -0.05) is 31.3 Å². The second-order valence-corrected chi connectivity index (χ2v) is 7.90. The van der Waals surface area contributed by atoms with Gasteiger partial charge in [0.2, 0.25) is 0 Å². The number of carbonyl (C=O) groups excluding carboxylic acids is 1. The maximum absolute atomic E-state index is 13.7. The molecule has 0 unspecified atom stereocenters. The number of nitrogens with zero attached hydrogens (tertiary/aromatic N) is 3. The van der Waals surface area contributed by atoms with Gasteiger partial charge in [0.1, 0.15) is 5.82 Å². The largest absolute Gasteiger partial charge is 0.302 e. The fourth-order valence-corrected chi connectivity index (χ4v) is 4.20. The summed E-state index contributed by atoms with van der Waals surface area (Å²) in [5.74, 6) is -0.635. The first-order valence-electron chi connectivity index (χ1n) is 9.60. The minimum atomic E-state index is -0.412. The molecule has 0 fully saturated rings. The van der Waals surface area contributed by atoms with E-state index in [9.17, 15) is 9.18 Å². The van der Waals surface area contributed by atoms with Crippen LogP contribution in [0.25, 0.3) is 10.2 Å². The average Bonchev–Trinajstić information content (AvgIpc) is 3.07. The minimum absolute atomic E-state index is 0.223. The van der Waals surface area contributed by atoms with Crippen LogP contribution >= 0.6 is 11.3 Å². The van der Waals surface area contributed by atoms with Gasteiger partial charge in [-0.15, -0.1) is 0 Å². The first-order chi connectivity index (χ1) is 13.4. The molecule has 0 aliphatic heterocycles. The van der Waals surface area contributed by atoms with Crippen LogP contribution in [0.3, 0.4) is 0 Å². The Morgan fingerprint density at radius 3 is 2.46 bits per heavy atom. The number of benzene rings is 2. The lowest BCUT2D eigenvalue weighted by atomic mass is 10.1. The molecular formula is C22H26FN3OS. The van der Waals surface area contributed by atoms with Crippen molar-refractivity contribution in [1.29, 1.82) is 0 Å². The summed E-state index contributed by atoms with van der Waals surface area (Å²) in [5, 5.41) is 0.654. The Bertz CT molecular complexity index is 942. The van der Waals surface area contributed by atoms with E-state index in [4.69, 9.17) is 4.98 Å². The summed E-state index contributed by atoms with van der Waals surface area (Å²) in [6.07, 6.45) is 0. The topological polar surface area (TPSA) is 36.4 Å². The molecule has 0 N–H and O–H groups in total. The SMILES string of the molecule is CCN(CC)CCN(C(=O)c1cccc(F)c1)c1nc2cc(C)c(C)cc2s1. The Labute approximate surface area is 169 Å². The van der Waals surface area contributed by atoms with Crippen LogP contribution in [0.4, 0.5) is 9.52 Å². The second-order valence-electron chi connectivity index (χ2n) is 6.89. The number of fused-ring (bicyclic) bond motifs is 1. The van der Waals surface area contributed by atoms with Crippen molar-refractivity contribution < 1.29 is 9.18 Å². The number of carbonyl (C=O) groups is 1. The van der Waals surface area contributed by atoms with Crippen molar-refractivity contribution in [3.63, 3.8) is 0 Å². The fourth-order valence-electron chi connectivity index (χ4n) is 3.13. The van der Waals surface area contributed by atoms with E-state index in [0.717, 1.165) is 29.9 Å². The van der Waals surface area contributed by atoms with Crippen molar-refractivity contribution in [2.75, 3.05) is 31.1 Å². The van der Waals surface area contributed by atoms with E-state index < -0.39 is 5.82 Å². The normalized spacial score (nSPS) is 11.4. The zero-order valence-corrected chi connectivity index (χ0v) is 17.6. The average molecular weight is 400 g/mol. The maximum atomic E-state index is 13.7. The van der Waals surface area contributed by atoms with E-state index in [-0.39, 0.29) is 5.91 Å². The Morgan fingerprint density at radius 1 is 1.07 bits per heavy atom. The predicted molar refractivity (Wildman–Crippen MR) is 115 cm³/mol. The fraction of sp³-hybridized carbons (Fsp3) is 0.364. The number of anilines is 1. The Balaban J connectivity index is 1.98. The molecule has 6 heteroatoms. The van der Waals surface area contributed by atoms with Crippen LogP contribution in [0, 0.1) is 19.7 Å². The van der Waals surface area contributed by atoms with Crippen LogP contribution in [0.2, 0.25) is 0 Å². The highest BCUT2D eigenvalue weighted by Crippen LogP contribution is 2.31. The summed E-state index contributed by atoms with van der Waals surface area (Å²) in [6.45, 7) is 11.4. The van der Waals surface area contributed by atoms with Gasteiger partial charge in [-0.3, -0.25) is 9.69 Å². The van der Waals surface area contributed by atoms with Gasteiger partial charge in [0, 0.05) is 18.7 Å². The molecule has 1 amide bonds. The first kappa shape index (κ1) is 20.4. The molecule has 2 aromatic carbocycles. The molecule has 3 rings (SSSR count). The number of thiazole rings is 1. The van der Waals surface area contributed by atoms with Crippen LogP contribution in [-0.2, 0) is 0 Å². The van der Waals surface area contributed by atoms with Crippen molar-refractivity contribution in [1.82, 2.24) is 9.88 Å². The summed E-state index contributed by atoms with van der Waals surface area (Å²) in [7, 11) is 0. The molecule has 0 atom stereocenters. The first-order valence-corrected chi connectivity index (χ1v) is 10.4. The smallest absolute Gasteiger partial charge is 0.260 e. The molecule has 148 valence electrons. The second kappa shape index (κ2) is 8.80. The number of aryl methyl sites for hydroxylation is 2. The van der Waals surface area contributed by atoms with Gasteiger partial charge in [0.25, 0.3) is 5.91 Å². The molecular weight excluding hydrogens is 373 g/mol. The molecule has 4 nitrogen and oxygen atoms in total. The zero-order valence-electron chi connectivity index (χ0n) is 16.8. The van der Waals surface area contributed by atoms with E-state index in [0.29, 0.717) is 17.2 Å². The highest BCUT2D eigenvalue weighted by molar-refractivity contribution is 7.22. The Morgan fingerprint density at radius 2 is 1.79 bits per heavy atom. The lowest BCUT2D eigenvalue weighted by Crippen LogP contribution is -2.38. The molecule has 0 saturated carbocycles. The molecule has 0 radical (unpaired) electrons. The molecule has 0 aliphatic rings. The highest BCUT2D eigenvalue weighted by Gasteiger charge is 2.22. The lowest BCUT2D eigenvalue weighted by Gasteiger charge is -2.24. The summed E-state index contributed by atoms with van der Waals surface area (Å²) in [6, 6.07) is 10.0. The van der Waals surface area contributed by atoms with E-state index in [1.54, 1.807) is 17.0 Å². The maximum Gasteiger partial charge on any atom is 0.260 e. The molecule has 3 aromatic rings. The predicted octanol–water partition coefficient (Wildman–Crippen LogP) is 5.04. The third-order valence-electron chi connectivity index (χ3n) is 5.07. The van der Waals surface area contributed by atoms with E-state index in [1.165, 1.54) is 34.6 Å². The molecule has 0 aliphatic carbocycles. The van der Waals surface area contributed by atoms with Crippen molar-refractivity contribution in [3.05, 3.63) is 58.9 Å². The summed E-state index contributed by atoms with van der Waals surface area (Å²) >= 11 is 1.50. The quantitative estimate of drug-likeness (QED) is 0.558. The van der Waals surface area contributed by atoms with Crippen LogP contribution in [0.5, 0.6) is 0 Å². The van der Waals surface area contributed by atoms with Crippen molar-refractivity contribution in [3.8, 4) is 0 Å². The van der Waals surface area contributed by atoms with Crippen molar-refractivity contribution in [2.24, 2.45) is 0 Å². The van der Waals surface area contributed by atoms with Crippen molar-refractivity contribution >= 4 is 32.6 Å². The molecule has 0 bridgehead atoms. The summed E-state index contributed by atoms with van der Waals surface area (Å²) in [4.78, 5) is 21.9. The summed E-state index contributed by atoms with van der Waals surface area (Å²) < 4.78 is 14.7. The molecule has 1 aromatic heterocycles. The van der Waals surface area contributed by atoms with Gasteiger partial charge in [-0.05, 0) is 68.4 Å². The number of hydrogen-bond acceptors (Lipinski definition) is 4. The van der Waals surface area contributed by atoms with Crippen LogP contribution in [0.15, 0.2) is 36.4 Å². The third kappa shape index (κ3) is 4.39. The van der Waals surface area contributed by atoms with Gasteiger partial charge >= 0.3 is 0 Å². The number of halogens is 1. The number of amides is 1. The number of likely N-dealkylation sites (N-methyl/N-ethyl adjacent to an activating group) is 1. The molecule has 28 heavy (non-hydrogen) atoms. The van der Waals surface area contributed by atoms with Crippen LogP contribution in [-0.4, -0.2) is 42.0 Å². The van der Waals surface area contributed by atoms with Gasteiger partial charge in [-0.2, -0.15) is 0 Å². The third-order valence-corrected chi connectivity index (χ3v) is 6.12. The lowest BCUT2D eigenvalue weighted by molar-refractivity contribution is 0.0983. The Kier molecular flexibility index (Phi) is 6.42. The van der Waals surface area contributed by atoms with Gasteiger partial charge in [0.15, 0.2) is 5.13 Å². The minimum Gasteiger partial charge on any atom is -0.302 e. The number of aromatic nitrogens is 1. The van der Waals surface area contributed by atoms with Crippen molar-refractivity contribution in [2.45, 2.75) is 27.7 Å². The van der Waals surface area contributed by atoms with E-state index in [1.807, 2.05) is 0 Å². The number of hydrogen-bond donors (Lipinski definition) is 0. The highest BCUT2D eigenvalue weighted by atomic mass is 32.1. The van der Waals surface area contributed by atoms with E-state index in [2.05, 4.69) is 44.7 Å². The van der Waals surface area contributed by atoms with Gasteiger partial charge < -0.3 is 4.90 Å².